The van der Waals surface area contributed by atoms with E-state index in [1.54, 1.807) is 19.1 Å². The molecule has 14 heavy (non-hydrogen) atoms. The number of aryl methyl sites for hydroxylation is 1. The van der Waals surface area contributed by atoms with Crippen LogP contribution in [0.25, 0.3) is 0 Å². The van der Waals surface area contributed by atoms with Crippen LogP contribution in [0.5, 0.6) is 5.75 Å². The summed E-state index contributed by atoms with van der Waals surface area (Å²) in [7, 11) is 0. The Labute approximate surface area is 88.8 Å². The molecule has 3 heteroatoms. The Hall–Kier alpha value is -1.02. The summed E-state index contributed by atoms with van der Waals surface area (Å²) in [5, 5.41) is 0.612. The zero-order valence-corrected chi connectivity index (χ0v) is 9.26. The van der Waals surface area contributed by atoms with Crippen molar-refractivity contribution < 1.29 is 9.53 Å². The van der Waals surface area contributed by atoms with Crippen LogP contribution in [-0.4, -0.2) is 11.9 Å². The van der Waals surface area contributed by atoms with Crippen LogP contribution in [0.4, 0.5) is 0 Å². The van der Waals surface area contributed by atoms with Gasteiger partial charge in [0.15, 0.2) is 11.9 Å². The van der Waals surface area contributed by atoms with Crippen LogP contribution in [-0.2, 0) is 4.79 Å². The maximum Gasteiger partial charge on any atom is 0.169 e. The predicted molar refractivity (Wildman–Crippen MR) is 57.0 cm³/mol. The van der Waals surface area contributed by atoms with Crippen LogP contribution in [0.3, 0.4) is 0 Å². The highest BCUT2D eigenvalue weighted by atomic mass is 35.5. The molecule has 0 aliphatic rings. The number of benzene rings is 1. The van der Waals surface area contributed by atoms with E-state index in [2.05, 4.69) is 0 Å². The number of carbonyl (C=O) groups excluding carboxylic acids is 1. The number of hydrogen-bond acceptors (Lipinski definition) is 2. The van der Waals surface area contributed by atoms with Crippen molar-refractivity contribution in [1.82, 2.24) is 0 Å². The summed E-state index contributed by atoms with van der Waals surface area (Å²) >= 11 is 5.81. The molecule has 1 atom stereocenters. The maximum atomic E-state index is 11.0. The number of ketones is 1. The third-order valence-electron chi connectivity index (χ3n) is 2.03. The van der Waals surface area contributed by atoms with Gasteiger partial charge in [-0.1, -0.05) is 17.7 Å². The maximum absolute atomic E-state index is 11.0. The van der Waals surface area contributed by atoms with Gasteiger partial charge in [0.25, 0.3) is 0 Å². The molecule has 0 fully saturated rings. The second kappa shape index (κ2) is 4.47. The summed E-state index contributed by atoms with van der Waals surface area (Å²) < 4.78 is 5.45. The summed E-state index contributed by atoms with van der Waals surface area (Å²) in [6.07, 6.45) is -0.424. The molecule has 0 saturated heterocycles. The van der Waals surface area contributed by atoms with Crippen LogP contribution < -0.4 is 4.74 Å². The van der Waals surface area contributed by atoms with Gasteiger partial charge < -0.3 is 4.74 Å². The fraction of sp³-hybridized carbons (Fsp3) is 0.364. The third kappa shape index (κ3) is 2.74. The quantitative estimate of drug-likeness (QED) is 0.770. The minimum absolute atomic E-state index is 0.00405. The van der Waals surface area contributed by atoms with Crippen molar-refractivity contribution in [3.63, 3.8) is 0 Å². The number of ether oxygens (including phenoxy) is 1. The van der Waals surface area contributed by atoms with E-state index in [0.717, 1.165) is 5.56 Å². The van der Waals surface area contributed by atoms with E-state index in [4.69, 9.17) is 16.3 Å². The van der Waals surface area contributed by atoms with Crippen molar-refractivity contribution in [2.24, 2.45) is 0 Å². The molecule has 0 N–H and O–H groups in total. The van der Waals surface area contributed by atoms with Gasteiger partial charge in [0.1, 0.15) is 5.75 Å². The Kier molecular flexibility index (Phi) is 3.53. The van der Waals surface area contributed by atoms with E-state index in [1.807, 2.05) is 13.0 Å². The first-order valence-corrected chi connectivity index (χ1v) is 4.81. The molecule has 0 bridgehead atoms. The third-order valence-corrected chi connectivity index (χ3v) is 2.26. The molecular weight excluding hydrogens is 200 g/mol. The molecule has 0 saturated carbocycles. The smallest absolute Gasteiger partial charge is 0.169 e. The molecule has 1 aromatic rings. The summed E-state index contributed by atoms with van der Waals surface area (Å²) in [5.41, 5.74) is 0.975. The lowest BCUT2D eigenvalue weighted by Gasteiger charge is -2.13. The van der Waals surface area contributed by atoms with Gasteiger partial charge in [-0.15, -0.1) is 0 Å². The lowest BCUT2D eigenvalue weighted by atomic mass is 10.2. The SMILES string of the molecule is CC(=O)C(C)Oc1cc(Cl)ccc1C. The number of hydrogen-bond donors (Lipinski definition) is 0. The Morgan fingerprint density at radius 2 is 2.14 bits per heavy atom. The molecule has 1 unspecified atom stereocenters. The van der Waals surface area contributed by atoms with Crippen LogP contribution in [0.2, 0.25) is 5.02 Å². The second-order valence-corrected chi connectivity index (χ2v) is 3.72. The van der Waals surface area contributed by atoms with Gasteiger partial charge in [-0.3, -0.25) is 4.79 Å². The van der Waals surface area contributed by atoms with E-state index < -0.39 is 6.10 Å². The van der Waals surface area contributed by atoms with Crippen molar-refractivity contribution in [1.29, 1.82) is 0 Å². The second-order valence-electron chi connectivity index (χ2n) is 3.28. The number of halogens is 1. The Morgan fingerprint density at radius 3 is 2.71 bits per heavy atom. The number of carbonyl (C=O) groups is 1. The first-order chi connectivity index (χ1) is 6.50. The first kappa shape index (κ1) is 11.1. The molecule has 0 aliphatic carbocycles. The van der Waals surface area contributed by atoms with Gasteiger partial charge in [-0.25, -0.2) is 0 Å². The van der Waals surface area contributed by atoms with Crippen LogP contribution >= 0.6 is 11.6 Å². The Balaban J connectivity index is 2.85. The standard InChI is InChI=1S/C11H13ClO2/c1-7-4-5-10(12)6-11(7)14-9(3)8(2)13/h4-6,9H,1-3H3. The number of Topliss-reactive ketones (excluding diaryl/α,β-unsaturated/α-hetero) is 1. The zero-order chi connectivity index (χ0) is 10.7. The van der Waals surface area contributed by atoms with Gasteiger partial charge in [0.05, 0.1) is 0 Å². The van der Waals surface area contributed by atoms with E-state index in [-0.39, 0.29) is 5.78 Å². The lowest BCUT2D eigenvalue weighted by Crippen LogP contribution is -2.21. The van der Waals surface area contributed by atoms with E-state index in [9.17, 15) is 4.79 Å². The van der Waals surface area contributed by atoms with Gasteiger partial charge >= 0.3 is 0 Å². The molecule has 0 amide bonds. The van der Waals surface area contributed by atoms with Gasteiger partial charge in [-0.05, 0) is 38.5 Å². The van der Waals surface area contributed by atoms with Crippen molar-refractivity contribution in [3.8, 4) is 5.75 Å². The van der Waals surface area contributed by atoms with Gasteiger partial charge in [-0.2, -0.15) is 0 Å². The number of rotatable bonds is 3. The molecular formula is C11H13ClO2. The average Bonchev–Trinajstić information content (AvgIpc) is 2.11. The largest absolute Gasteiger partial charge is 0.483 e. The first-order valence-electron chi connectivity index (χ1n) is 4.44. The van der Waals surface area contributed by atoms with E-state index in [1.165, 1.54) is 6.92 Å². The Bertz CT molecular complexity index is 347. The van der Waals surface area contributed by atoms with Gasteiger partial charge in [0, 0.05) is 5.02 Å². The molecule has 76 valence electrons. The zero-order valence-electron chi connectivity index (χ0n) is 8.50. The molecule has 0 spiro atoms. The van der Waals surface area contributed by atoms with Crippen molar-refractivity contribution in [2.45, 2.75) is 26.9 Å². The minimum atomic E-state index is -0.424. The summed E-state index contributed by atoms with van der Waals surface area (Å²) in [6.45, 7) is 5.14. The van der Waals surface area contributed by atoms with E-state index in [0.29, 0.717) is 10.8 Å². The minimum Gasteiger partial charge on any atom is -0.483 e. The molecule has 0 aliphatic heterocycles. The molecule has 0 aromatic heterocycles. The summed E-state index contributed by atoms with van der Waals surface area (Å²) in [5.74, 6) is 0.671. The monoisotopic (exact) mass is 212 g/mol. The highest BCUT2D eigenvalue weighted by Gasteiger charge is 2.10. The summed E-state index contributed by atoms with van der Waals surface area (Å²) in [4.78, 5) is 11.0. The topological polar surface area (TPSA) is 26.3 Å². The highest BCUT2D eigenvalue weighted by molar-refractivity contribution is 6.30. The molecule has 1 aromatic carbocycles. The van der Waals surface area contributed by atoms with Crippen molar-refractivity contribution in [2.75, 3.05) is 0 Å². The average molecular weight is 213 g/mol. The molecule has 2 nitrogen and oxygen atoms in total. The fourth-order valence-electron chi connectivity index (χ4n) is 0.974. The van der Waals surface area contributed by atoms with Crippen LogP contribution in [0.15, 0.2) is 18.2 Å². The van der Waals surface area contributed by atoms with Crippen LogP contribution in [0, 0.1) is 6.92 Å². The van der Waals surface area contributed by atoms with E-state index >= 15 is 0 Å². The molecule has 1 rings (SSSR count). The predicted octanol–water partition coefficient (Wildman–Crippen LogP) is 3.00. The van der Waals surface area contributed by atoms with Crippen LogP contribution in [0.1, 0.15) is 19.4 Å². The van der Waals surface area contributed by atoms with Crippen molar-refractivity contribution >= 4 is 17.4 Å². The molecule has 0 heterocycles. The Morgan fingerprint density at radius 1 is 1.50 bits per heavy atom. The lowest BCUT2D eigenvalue weighted by molar-refractivity contribution is -0.122. The van der Waals surface area contributed by atoms with Gasteiger partial charge in [0.2, 0.25) is 0 Å². The normalized spacial score (nSPS) is 12.3. The molecule has 0 radical (unpaired) electrons. The van der Waals surface area contributed by atoms with Crippen molar-refractivity contribution in [3.05, 3.63) is 28.8 Å². The summed E-state index contributed by atoms with van der Waals surface area (Å²) in [6, 6.07) is 5.38. The highest BCUT2D eigenvalue weighted by Crippen LogP contribution is 2.23. The fourth-order valence-corrected chi connectivity index (χ4v) is 1.14.